The van der Waals surface area contributed by atoms with Gasteiger partial charge in [-0.3, -0.25) is 4.79 Å². The summed E-state index contributed by atoms with van der Waals surface area (Å²) in [5, 5.41) is 13.2. The first-order valence-corrected chi connectivity index (χ1v) is 8.43. The number of halogens is 1. The molecule has 2 aromatic rings. The first-order chi connectivity index (χ1) is 11.6. The third-order valence-corrected chi connectivity index (χ3v) is 5.00. The van der Waals surface area contributed by atoms with Crippen LogP contribution in [0, 0.1) is 0 Å². The Labute approximate surface area is 147 Å². The van der Waals surface area contributed by atoms with Gasteiger partial charge in [-0.1, -0.05) is 41.9 Å². The average Bonchev–Trinajstić information content (AvgIpc) is 2.60. The molecular formula is C20H20ClNO2. The third kappa shape index (κ3) is 2.97. The molecular weight excluding hydrogens is 322 g/mol. The van der Waals surface area contributed by atoms with Crippen LogP contribution in [0.25, 0.3) is 6.08 Å². The highest BCUT2D eigenvalue weighted by Crippen LogP contribution is 2.40. The number of ketones is 1. The molecule has 4 heteroatoms. The molecule has 2 aromatic carbocycles. The SMILES string of the molecule is CNC1(c2ccccc2Cl)CCC/C(=C\c2ccc(O)cc2)C1=O. The predicted octanol–water partition coefficient (Wildman–Crippen LogP) is 4.30. The van der Waals surface area contributed by atoms with Crippen molar-refractivity contribution in [2.75, 3.05) is 7.05 Å². The minimum atomic E-state index is -0.778. The van der Waals surface area contributed by atoms with Gasteiger partial charge in [0.1, 0.15) is 11.3 Å². The molecule has 0 amide bonds. The number of phenolic OH excluding ortho intramolecular Hbond substituents is 1. The topological polar surface area (TPSA) is 49.3 Å². The standard InChI is InChI=1S/C20H20ClNO2/c1-22-20(17-6-2-3-7-18(17)21)12-4-5-15(19(20)24)13-14-8-10-16(23)11-9-14/h2-3,6-11,13,22-23H,4-5,12H2,1H3/b15-13+. The lowest BCUT2D eigenvalue weighted by atomic mass is 9.73. The molecule has 1 unspecified atom stereocenters. The van der Waals surface area contributed by atoms with Crippen molar-refractivity contribution >= 4 is 23.5 Å². The van der Waals surface area contributed by atoms with Gasteiger partial charge in [-0.05, 0) is 67.3 Å². The van der Waals surface area contributed by atoms with Gasteiger partial charge in [-0.2, -0.15) is 0 Å². The molecule has 3 rings (SSSR count). The van der Waals surface area contributed by atoms with Crippen LogP contribution in [0.15, 0.2) is 54.1 Å². The van der Waals surface area contributed by atoms with Crippen molar-refractivity contribution in [2.24, 2.45) is 0 Å². The highest BCUT2D eigenvalue weighted by molar-refractivity contribution is 6.32. The van der Waals surface area contributed by atoms with E-state index in [1.165, 1.54) is 0 Å². The summed E-state index contributed by atoms with van der Waals surface area (Å²) in [5.41, 5.74) is 1.73. The van der Waals surface area contributed by atoms with E-state index in [4.69, 9.17) is 11.6 Å². The van der Waals surface area contributed by atoms with Crippen molar-refractivity contribution in [1.82, 2.24) is 5.32 Å². The Morgan fingerprint density at radius 1 is 1.17 bits per heavy atom. The number of phenols is 1. The molecule has 124 valence electrons. The minimum Gasteiger partial charge on any atom is -0.508 e. The lowest BCUT2D eigenvalue weighted by Crippen LogP contribution is -2.50. The highest BCUT2D eigenvalue weighted by atomic mass is 35.5. The number of benzene rings is 2. The van der Waals surface area contributed by atoms with E-state index in [9.17, 15) is 9.90 Å². The lowest BCUT2D eigenvalue weighted by molar-refractivity contribution is -0.123. The Hall–Kier alpha value is -2.10. The fourth-order valence-electron chi connectivity index (χ4n) is 3.39. The van der Waals surface area contributed by atoms with E-state index in [1.807, 2.05) is 37.4 Å². The molecule has 2 N–H and O–H groups in total. The first-order valence-electron chi connectivity index (χ1n) is 8.05. The summed E-state index contributed by atoms with van der Waals surface area (Å²) in [5.74, 6) is 0.283. The summed E-state index contributed by atoms with van der Waals surface area (Å²) in [6, 6.07) is 14.4. The van der Waals surface area contributed by atoms with Crippen molar-refractivity contribution in [3.8, 4) is 5.75 Å². The molecule has 0 spiro atoms. The smallest absolute Gasteiger partial charge is 0.183 e. The van der Waals surface area contributed by atoms with Crippen LogP contribution in [0.3, 0.4) is 0 Å². The average molecular weight is 342 g/mol. The van der Waals surface area contributed by atoms with Gasteiger partial charge >= 0.3 is 0 Å². The van der Waals surface area contributed by atoms with Crippen molar-refractivity contribution in [1.29, 1.82) is 0 Å². The van der Waals surface area contributed by atoms with Gasteiger partial charge in [0.25, 0.3) is 0 Å². The fraction of sp³-hybridized carbons (Fsp3) is 0.250. The number of Topliss-reactive ketones (excluding diaryl/α,β-unsaturated/α-hetero) is 1. The summed E-state index contributed by atoms with van der Waals surface area (Å²) >= 11 is 6.38. The van der Waals surface area contributed by atoms with Gasteiger partial charge in [-0.15, -0.1) is 0 Å². The van der Waals surface area contributed by atoms with E-state index in [0.717, 1.165) is 36.0 Å². The van der Waals surface area contributed by atoms with Gasteiger partial charge in [-0.25, -0.2) is 0 Å². The number of carbonyl (C=O) groups excluding carboxylic acids is 1. The van der Waals surface area contributed by atoms with Gasteiger partial charge in [0.2, 0.25) is 0 Å². The van der Waals surface area contributed by atoms with Crippen LogP contribution < -0.4 is 5.32 Å². The normalized spacial score (nSPS) is 22.8. The molecule has 0 radical (unpaired) electrons. The molecule has 0 aliphatic heterocycles. The second-order valence-corrected chi connectivity index (χ2v) is 6.49. The Balaban J connectivity index is 2.02. The molecule has 1 aliphatic rings. The van der Waals surface area contributed by atoms with Crippen LogP contribution in [0.1, 0.15) is 30.4 Å². The molecule has 0 heterocycles. The number of aromatic hydroxyl groups is 1. The van der Waals surface area contributed by atoms with Crippen LogP contribution in [0.4, 0.5) is 0 Å². The van der Waals surface area contributed by atoms with Gasteiger partial charge in [0.15, 0.2) is 5.78 Å². The lowest BCUT2D eigenvalue weighted by Gasteiger charge is -2.37. The molecule has 0 aromatic heterocycles. The molecule has 0 saturated heterocycles. The van der Waals surface area contributed by atoms with Gasteiger partial charge in [0.05, 0.1) is 0 Å². The summed E-state index contributed by atoms with van der Waals surface area (Å²) in [7, 11) is 1.81. The number of carbonyl (C=O) groups is 1. The zero-order valence-electron chi connectivity index (χ0n) is 13.6. The second-order valence-electron chi connectivity index (χ2n) is 6.08. The van der Waals surface area contributed by atoms with Crippen molar-refractivity contribution in [2.45, 2.75) is 24.8 Å². The highest BCUT2D eigenvalue weighted by Gasteiger charge is 2.43. The zero-order valence-corrected chi connectivity index (χ0v) is 14.3. The zero-order chi connectivity index (χ0) is 17.2. The van der Waals surface area contributed by atoms with Crippen molar-refractivity contribution in [3.05, 3.63) is 70.3 Å². The second kappa shape index (κ2) is 6.80. The molecule has 1 aliphatic carbocycles. The Bertz CT molecular complexity index is 782. The maximum absolute atomic E-state index is 13.3. The summed E-state index contributed by atoms with van der Waals surface area (Å²) in [4.78, 5) is 13.3. The number of hydrogen-bond acceptors (Lipinski definition) is 3. The molecule has 24 heavy (non-hydrogen) atoms. The monoisotopic (exact) mass is 341 g/mol. The van der Waals surface area contributed by atoms with E-state index < -0.39 is 5.54 Å². The molecule has 1 atom stereocenters. The van der Waals surface area contributed by atoms with E-state index in [-0.39, 0.29) is 11.5 Å². The van der Waals surface area contributed by atoms with Crippen molar-refractivity contribution in [3.63, 3.8) is 0 Å². The molecule has 1 fully saturated rings. The number of likely N-dealkylation sites (N-methyl/N-ethyl adjacent to an activating group) is 1. The van der Waals surface area contributed by atoms with E-state index in [2.05, 4.69) is 5.32 Å². The van der Waals surface area contributed by atoms with Crippen LogP contribution in [-0.2, 0) is 10.3 Å². The summed E-state index contributed by atoms with van der Waals surface area (Å²) < 4.78 is 0. The number of nitrogens with one attached hydrogen (secondary N) is 1. The Morgan fingerprint density at radius 2 is 1.88 bits per heavy atom. The van der Waals surface area contributed by atoms with E-state index >= 15 is 0 Å². The van der Waals surface area contributed by atoms with E-state index in [0.29, 0.717) is 5.02 Å². The predicted molar refractivity (Wildman–Crippen MR) is 97.1 cm³/mol. The van der Waals surface area contributed by atoms with E-state index in [1.54, 1.807) is 24.3 Å². The maximum Gasteiger partial charge on any atom is 0.183 e. The third-order valence-electron chi connectivity index (χ3n) is 4.67. The molecule has 0 bridgehead atoms. The number of rotatable bonds is 3. The maximum atomic E-state index is 13.3. The minimum absolute atomic E-state index is 0.0671. The summed E-state index contributed by atoms with van der Waals surface area (Å²) in [6.45, 7) is 0. The fourth-order valence-corrected chi connectivity index (χ4v) is 3.69. The molecule has 1 saturated carbocycles. The Morgan fingerprint density at radius 3 is 2.54 bits per heavy atom. The van der Waals surface area contributed by atoms with Gasteiger partial charge in [0, 0.05) is 5.02 Å². The van der Waals surface area contributed by atoms with Gasteiger partial charge < -0.3 is 10.4 Å². The van der Waals surface area contributed by atoms with Crippen molar-refractivity contribution < 1.29 is 9.90 Å². The first kappa shape index (κ1) is 16.7. The Kier molecular flexibility index (Phi) is 4.74. The van der Waals surface area contributed by atoms with Crippen LogP contribution in [0.2, 0.25) is 5.02 Å². The quantitative estimate of drug-likeness (QED) is 0.818. The van der Waals surface area contributed by atoms with Crippen LogP contribution in [0.5, 0.6) is 5.75 Å². The molecule has 3 nitrogen and oxygen atoms in total. The van der Waals surface area contributed by atoms with Crippen LogP contribution >= 0.6 is 11.6 Å². The van der Waals surface area contributed by atoms with Crippen LogP contribution in [-0.4, -0.2) is 17.9 Å². The largest absolute Gasteiger partial charge is 0.508 e. The summed E-state index contributed by atoms with van der Waals surface area (Å²) in [6.07, 6.45) is 4.28. The number of hydrogen-bond donors (Lipinski definition) is 2.